The molecule has 1 aliphatic heterocycles. The molecule has 0 bridgehead atoms. The van der Waals surface area contributed by atoms with Crippen molar-refractivity contribution in [3.05, 3.63) is 65.7 Å². The molecular formula is C32H47N3O3S. The minimum Gasteiger partial charge on any atom is -0.489 e. The summed E-state index contributed by atoms with van der Waals surface area (Å²) in [6, 6.07) is 17.1. The molecule has 39 heavy (non-hydrogen) atoms. The van der Waals surface area contributed by atoms with E-state index in [1.54, 1.807) is 0 Å². The van der Waals surface area contributed by atoms with Crippen LogP contribution in [0.1, 0.15) is 51.7 Å². The zero-order chi connectivity index (χ0) is 28.2. The number of ether oxygens (including phenoxy) is 1. The Morgan fingerprint density at radius 2 is 1.62 bits per heavy atom. The van der Waals surface area contributed by atoms with Crippen LogP contribution in [0.25, 0.3) is 0 Å². The van der Waals surface area contributed by atoms with Gasteiger partial charge in [-0.1, -0.05) is 70.2 Å². The molecule has 2 amide bonds. The number of hydrogen-bond acceptors (Lipinski definition) is 5. The lowest BCUT2D eigenvalue weighted by Gasteiger charge is -2.33. The maximum absolute atomic E-state index is 13.7. The molecular weight excluding hydrogens is 506 g/mol. The van der Waals surface area contributed by atoms with Crippen molar-refractivity contribution in [2.75, 3.05) is 38.2 Å². The highest BCUT2D eigenvalue weighted by atomic mass is 32.2. The fourth-order valence-electron chi connectivity index (χ4n) is 4.72. The molecule has 1 fully saturated rings. The third kappa shape index (κ3) is 10.5. The van der Waals surface area contributed by atoms with E-state index in [1.165, 1.54) is 0 Å². The summed E-state index contributed by atoms with van der Waals surface area (Å²) in [5.74, 6) is 3.57. The standard InChI is InChI=1S/C32H47N3O3S/c1-24(2)15-16-34(5)30(21-25(3)4)31(36)33-29(32(37)35-17-19-39-20-18-35)22-26-11-13-28(14-12-26)38-23-27-9-7-6-8-10-27/h6-14,24-25,29-30H,15-23H2,1-5H3,(H,33,36)/t29-,30+/m0/s1. The second kappa shape index (κ2) is 15.9. The molecule has 0 spiro atoms. The van der Waals surface area contributed by atoms with E-state index in [4.69, 9.17) is 4.74 Å². The first-order valence-corrected chi connectivity index (χ1v) is 15.5. The maximum Gasteiger partial charge on any atom is 0.245 e. The zero-order valence-electron chi connectivity index (χ0n) is 24.4. The van der Waals surface area contributed by atoms with Crippen LogP contribution in [0.4, 0.5) is 0 Å². The molecule has 2 aromatic rings. The van der Waals surface area contributed by atoms with Crippen molar-refractivity contribution in [1.29, 1.82) is 0 Å². The van der Waals surface area contributed by atoms with Crippen molar-refractivity contribution in [1.82, 2.24) is 15.1 Å². The summed E-state index contributed by atoms with van der Waals surface area (Å²) in [5, 5.41) is 3.19. The van der Waals surface area contributed by atoms with Gasteiger partial charge in [0.2, 0.25) is 11.8 Å². The summed E-state index contributed by atoms with van der Waals surface area (Å²) < 4.78 is 5.94. The molecule has 3 rings (SSSR count). The lowest BCUT2D eigenvalue weighted by molar-refractivity contribution is -0.137. The van der Waals surface area contributed by atoms with Gasteiger partial charge in [-0.2, -0.15) is 11.8 Å². The SMILES string of the molecule is CC(C)CCN(C)[C@H](CC(C)C)C(=O)N[C@@H](Cc1ccc(OCc2ccccc2)cc1)C(=O)N1CCSCC1. The second-order valence-electron chi connectivity index (χ2n) is 11.4. The number of thioether (sulfide) groups is 1. The third-order valence-electron chi connectivity index (χ3n) is 7.14. The van der Waals surface area contributed by atoms with Gasteiger partial charge in [0, 0.05) is 31.0 Å². The molecule has 0 radical (unpaired) electrons. The molecule has 1 aliphatic rings. The van der Waals surface area contributed by atoms with E-state index in [-0.39, 0.29) is 17.9 Å². The highest BCUT2D eigenvalue weighted by Crippen LogP contribution is 2.19. The van der Waals surface area contributed by atoms with Gasteiger partial charge in [0.05, 0.1) is 6.04 Å². The van der Waals surface area contributed by atoms with Crippen LogP contribution < -0.4 is 10.1 Å². The number of likely N-dealkylation sites (N-methyl/N-ethyl adjacent to an activating group) is 1. The molecule has 0 saturated carbocycles. The van der Waals surface area contributed by atoms with Crippen LogP contribution in [0.2, 0.25) is 0 Å². The first kappa shape index (κ1) is 31.0. The first-order chi connectivity index (χ1) is 18.7. The predicted octanol–water partition coefficient (Wildman–Crippen LogP) is 5.26. The number of carbonyl (C=O) groups is 2. The third-order valence-corrected chi connectivity index (χ3v) is 8.08. The Bertz CT molecular complexity index is 1010. The molecule has 0 aliphatic carbocycles. The van der Waals surface area contributed by atoms with Gasteiger partial charge in [-0.05, 0) is 61.5 Å². The number of carbonyl (C=O) groups excluding carboxylic acids is 2. The zero-order valence-corrected chi connectivity index (χ0v) is 25.2. The van der Waals surface area contributed by atoms with Gasteiger partial charge in [-0.3, -0.25) is 14.5 Å². The average Bonchev–Trinajstić information content (AvgIpc) is 2.94. The van der Waals surface area contributed by atoms with Crippen LogP contribution in [0.5, 0.6) is 5.75 Å². The number of hydrogen-bond donors (Lipinski definition) is 1. The molecule has 214 valence electrons. The largest absolute Gasteiger partial charge is 0.489 e. The Morgan fingerprint density at radius 3 is 2.23 bits per heavy atom. The summed E-state index contributed by atoms with van der Waals surface area (Å²) in [6.07, 6.45) is 2.25. The number of benzene rings is 2. The monoisotopic (exact) mass is 553 g/mol. The Kier molecular flexibility index (Phi) is 12.7. The number of nitrogens with zero attached hydrogens (tertiary/aromatic N) is 2. The summed E-state index contributed by atoms with van der Waals surface area (Å²) in [6.45, 7) is 11.5. The van der Waals surface area contributed by atoms with Gasteiger partial charge in [-0.25, -0.2) is 0 Å². The van der Waals surface area contributed by atoms with Crippen LogP contribution in [0.3, 0.4) is 0 Å². The van der Waals surface area contributed by atoms with Crippen LogP contribution in [-0.4, -0.2) is 71.9 Å². The Hall–Kier alpha value is -2.51. The van der Waals surface area contributed by atoms with Crippen molar-refractivity contribution in [3.63, 3.8) is 0 Å². The molecule has 6 nitrogen and oxygen atoms in total. The van der Waals surface area contributed by atoms with Crippen LogP contribution in [0.15, 0.2) is 54.6 Å². The molecule has 7 heteroatoms. The van der Waals surface area contributed by atoms with E-state index in [0.717, 1.165) is 60.9 Å². The number of amides is 2. The Morgan fingerprint density at radius 1 is 0.949 bits per heavy atom. The van der Waals surface area contributed by atoms with E-state index in [0.29, 0.717) is 24.9 Å². The molecule has 0 unspecified atom stereocenters. The van der Waals surface area contributed by atoms with E-state index in [2.05, 4.69) is 37.9 Å². The second-order valence-corrected chi connectivity index (χ2v) is 12.7. The average molecular weight is 554 g/mol. The number of nitrogens with one attached hydrogen (secondary N) is 1. The molecule has 1 saturated heterocycles. The molecule has 1 N–H and O–H groups in total. The lowest BCUT2D eigenvalue weighted by Crippen LogP contribution is -2.56. The van der Waals surface area contributed by atoms with E-state index < -0.39 is 6.04 Å². The van der Waals surface area contributed by atoms with Gasteiger partial charge in [0.25, 0.3) is 0 Å². The Labute approximate surface area is 239 Å². The first-order valence-electron chi connectivity index (χ1n) is 14.4. The minimum atomic E-state index is -0.593. The van der Waals surface area contributed by atoms with Crippen molar-refractivity contribution < 1.29 is 14.3 Å². The highest BCUT2D eigenvalue weighted by molar-refractivity contribution is 7.99. The Balaban J connectivity index is 1.71. The van der Waals surface area contributed by atoms with Crippen LogP contribution in [0, 0.1) is 11.8 Å². The van der Waals surface area contributed by atoms with Crippen LogP contribution in [-0.2, 0) is 22.6 Å². The van der Waals surface area contributed by atoms with Crippen LogP contribution >= 0.6 is 11.8 Å². The summed E-state index contributed by atoms with van der Waals surface area (Å²) in [4.78, 5) is 31.4. The van der Waals surface area contributed by atoms with Crippen molar-refractivity contribution >= 4 is 23.6 Å². The maximum atomic E-state index is 13.7. The van der Waals surface area contributed by atoms with Gasteiger partial charge >= 0.3 is 0 Å². The molecule has 2 atom stereocenters. The minimum absolute atomic E-state index is 0.0150. The van der Waals surface area contributed by atoms with Gasteiger partial charge in [-0.15, -0.1) is 0 Å². The van der Waals surface area contributed by atoms with Gasteiger partial charge < -0.3 is 15.0 Å². The smallest absolute Gasteiger partial charge is 0.245 e. The quantitative estimate of drug-likeness (QED) is 0.346. The van der Waals surface area contributed by atoms with E-state index >= 15 is 0 Å². The molecule has 2 aromatic carbocycles. The van der Waals surface area contributed by atoms with E-state index in [9.17, 15) is 9.59 Å². The van der Waals surface area contributed by atoms with E-state index in [1.807, 2.05) is 78.3 Å². The fourth-order valence-corrected chi connectivity index (χ4v) is 5.62. The lowest BCUT2D eigenvalue weighted by atomic mass is 9.99. The van der Waals surface area contributed by atoms with Gasteiger partial charge in [0.15, 0.2) is 0 Å². The summed E-state index contributed by atoms with van der Waals surface area (Å²) in [5.41, 5.74) is 2.12. The topological polar surface area (TPSA) is 61.9 Å². The molecule has 0 aromatic heterocycles. The summed E-state index contributed by atoms with van der Waals surface area (Å²) >= 11 is 1.87. The van der Waals surface area contributed by atoms with Crippen molar-refractivity contribution in [2.45, 2.75) is 65.6 Å². The van der Waals surface area contributed by atoms with Crippen molar-refractivity contribution in [3.8, 4) is 5.75 Å². The van der Waals surface area contributed by atoms with Crippen molar-refractivity contribution in [2.24, 2.45) is 11.8 Å². The predicted molar refractivity (Wildman–Crippen MR) is 162 cm³/mol. The fraction of sp³-hybridized carbons (Fsp3) is 0.562. The summed E-state index contributed by atoms with van der Waals surface area (Å²) in [7, 11) is 2.03. The highest BCUT2D eigenvalue weighted by Gasteiger charge is 2.31. The van der Waals surface area contributed by atoms with Gasteiger partial charge in [0.1, 0.15) is 18.4 Å². The number of rotatable bonds is 14. The normalized spacial score (nSPS) is 15.4. The molecule has 1 heterocycles.